The van der Waals surface area contributed by atoms with E-state index in [-0.39, 0.29) is 17.8 Å². The second-order valence-corrected chi connectivity index (χ2v) is 4.41. The van der Waals surface area contributed by atoms with E-state index in [9.17, 15) is 14.9 Å². The number of nitro groups is 1. The summed E-state index contributed by atoms with van der Waals surface area (Å²) in [6.07, 6.45) is 2.74. The highest BCUT2D eigenvalue weighted by molar-refractivity contribution is 9.10. The largest absolute Gasteiger partial charge is 0.294 e. The summed E-state index contributed by atoms with van der Waals surface area (Å²) in [6, 6.07) is 6.31. The maximum Gasteiger partial charge on any atom is 0.274 e. The summed E-state index contributed by atoms with van der Waals surface area (Å²) >= 11 is 3.08. The fourth-order valence-corrected chi connectivity index (χ4v) is 1.89. The molecule has 0 amide bonds. The molecule has 1 heterocycles. The Bertz CT molecular complexity index is 654. The zero-order valence-corrected chi connectivity index (χ0v) is 10.7. The molecular weight excluding hydrogens is 302 g/mol. The van der Waals surface area contributed by atoms with Gasteiger partial charge in [-0.05, 0) is 15.9 Å². The molecule has 0 saturated carbocycles. The summed E-state index contributed by atoms with van der Waals surface area (Å²) < 4.78 is 1.63. The third-order valence-electron chi connectivity index (χ3n) is 2.39. The Morgan fingerprint density at radius 2 is 2.11 bits per heavy atom. The number of halogens is 1. The van der Waals surface area contributed by atoms with Crippen LogP contribution in [-0.2, 0) is 6.54 Å². The van der Waals surface area contributed by atoms with Crippen molar-refractivity contribution in [3.8, 4) is 0 Å². The van der Waals surface area contributed by atoms with E-state index in [1.54, 1.807) is 18.2 Å². The van der Waals surface area contributed by atoms with Gasteiger partial charge in [0.2, 0.25) is 0 Å². The lowest BCUT2D eigenvalue weighted by Crippen LogP contribution is -2.21. The molecule has 2 aromatic rings. The van der Waals surface area contributed by atoms with Crippen molar-refractivity contribution in [1.82, 2.24) is 9.55 Å². The van der Waals surface area contributed by atoms with E-state index in [2.05, 4.69) is 20.9 Å². The van der Waals surface area contributed by atoms with Crippen LogP contribution in [0.15, 0.2) is 46.1 Å². The van der Waals surface area contributed by atoms with Gasteiger partial charge in [-0.1, -0.05) is 18.2 Å². The SMILES string of the molecule is O=c1c(Br)cncn1Cc1ccccc1[N+](=O)[O-]. The number of benzene rings is 1. The fraction of sp³-hybridized carbons (Fsp3) is 0.0909. The second-order valence-electron chi connectivity index (χ2n) is 3.56. The summed E-state index contributed by atoms with van der Waals surface area (Å²) in [5.41, 5.74) is 0.178. The van der Waals surface area contributed by atoms with Crippen LogP contribution < -0.4 is 5.56 Å². The van der Waals surface area contributed by atoms with Gasteiger partial charge in [0.1, 0.15) is 4.47 Å². The van der Waals surface area contributed by atoms with Gasteiger partial charge in [0.05, 0.1) is 17.8 Å². The first kappa shape index (κ1) is 12.4. The molecule has 0 aliphatic rings. The Labute approximate surface area is 110 Å². The molecule has 7 heteroatoms. The van der Waals surface area contributed by atoms with Crippen molar-refractivity contribution in [2.75, 3.05) is 0 Å². The van der Waals surface area contributed by atoms with Crippen LogP contribution in [0.25, 0.3) is 0 Å². The molecule has 1 aromatic heterocycles. The van der Waals surface area contributed by atoms with Gasteiger partial charge in [-0.2, -0.15) is 0 Å². The van der Waals surface area contributed by atoms with Crippen LogP contribution in [-0.4, -0.2) is 14.5 Å². The molecule has 0 unspecified atom stereocenters. The molecule has 2 rings (SSSR count). The number of aromatic nitrogens is 2. The summed E-state index contributed by atoms with van der Waals surface area (Å²) in [5, 5.41) is 10.9. The Morgan fingerprint density at radius 3 is 2.83 bits per heavy atom. The van der Waals surface area contributed by atoms with Crippen LogP contribution in [0.1, 0.15) is 5.56 Å². The molecule has 0 bridgehead atoms. The predicted octanol–water partition coefficient (Wildman–Crippen LogP) is 1.96. The minimum atomic E-state index is -0.466. The summed E-state index contributed by atoms with van der Waals surface area (Å²) in [6.45, 7) is 0.114. The van der Waals surface area contributed by atoms with Gasteiger partial charge >= 0.3 is 0 Å². The van der Waals surface area contributed by atoms with Crippen molar-refractivity contribution in [2.24, 2.45) is 0 Å². The van der Waals surface area contributed by atoms with Crippen LogP contribution >= 0.6 is 15.9 Å². The standard InChI is InChI=1S/C11H8BrN3O3/c12-9-5-13-7-14(11(9)16)6-8-3-1-2-4-10(8)15(17)18/h1-5,7H,6H2. The Kier molecular flexibility index (Phi) is 3.52. The van der Waals surface area contributed by atoms with Crippen LogP contribution in [0.5, 0.6) is 0 Å². The van der Waals surface area contributed by atoms with Crippen molar-refractivity contribution in [2.45, 2.75) is 6.54 Å². The minimum absolute atomic E-state index is 0.00984. The third kappa shape index (κ3) is 2.45. The summed E-state index contributed by atoms with van der Waals surface area (Å²) in [4.78, 5) is 26.0. The fourth-order valence-electron chi connectivity index (χ4n) is 1.54. The van der Waals surface area contributed by atoms with Crippen molar-refractivity contribution in [1.29, 1.82) is 0 Å². The number of rotatable bonds is 3. The Hall–Kier alpha value is -2.02. The topological polar surface area (TPSA) is 78.0 Å². The van der Waals surface area contributed by atoms with Crippen molar-refractivity contribution in [3.05, 3.63) is 67.3 Å². The highest BCUT2D eigenvalue weighted by atomic mass is 79.9. The first-order valence-corrected chi connectivity index (χ1v) is 5.81. The predicted molar refractivity (Wildman–Crippen MR) is 68.4 cm³/mol. The van der Waals surface area contributed by atoms with Crippen LogP contribution in [0, 0.1) is 10.1 Å². The average molecular weight is 310 g/mol. The lowest BCUT2D eigenvalue weighted by atomic mass is 10.2. The quantitative estimate of drug-likeness (QED) is 0.641. The van der Waals surface area contributed by atoms with E-state index in [1.165, 1.54) is 23.2 Å². The number of hydrogen-bond donors (Lipinski definition) is 0. The molecule has 0 aliphatic carbocycles. The number of para-hydroxylation sites is 1. The number of nitrogens with zero attached hydrogens (tertiary/aromatic N) is 3. The smallest absolute Gasteiger partial charge is 0.274 e. The van der Waals surface area contributed by atoms with Gasteiger partial charge in [0.15, 0.2) is 0 Å². The van der Waals surface area contributed by atoms with Crippen molar-refractivity contribution < 1.29 is 4.92 Å². The van der Waals surface area contributed by atoms with Gasteiger partial charge < -0.3 is 0 Å². The van der Waals surface area contributed by atoms with E-state index in [4.69, 9.17) is 0 Å². The maximum absolute atomic E-state index is 11.8. The lowest BCUT2D eigenvalue weighted by molar-refractivity contribution is -0.385. The first-order valence-electron chi connectivity index (χ1n) is 5.02. The monoisotopic (exact) mass is 309 g/mol. The van der Waals surface area contributed by atoms with E-state index < -0.39 is 4.92 Å². The molecule has 0 radical (unpaired) electrons. The zero-order valence-electron chi connectivity index (χ0n) is 9.12. The van der Waals surface area contributed by atoms with Gasteiger partial charge in [0, 0.05) is 17.8 Å². The molecule has 6 nitrogen and oxygen atoms in total. The second kappa shape index (κ2) is 5.09. The third-order valence-corrected chi connectivity index (χ3v) is 2.93. The van der Waals surface area contributed by atoms with E-state index in [0.29, 0.717) is 10.0 Å². The Balaban J connectivity index is 2.44. The number of hydrogen-bond acceptors (Lipinski definition) is 4. The maximum atomic E-state index is 11.8. The average Bonchev–Trinajstić information content (AvgIpc) is 2.35. The molecular formula is C11H8BrN3O3. The molecule has 0 atom stereocenters. The first-order chi connectivity index (χ1) is 8.59. The molecule has 0 saturated heterocycles. The minimum Gasteiger partial charge on any atom is -0.294 e. The summed E-state index contributed by atoms with van der Waals surface area (Å²) in [5.74, 6) is 0. The molecule has 0 fully saturated rings. The molecule has 0 aliphatic heterocycles. The zero-order chi connectivity index (χ0) is 13.1. The molecule has 18 heavy (non-hydrogen) atoms. The molecule has 0 N–H and O–H groups in total. The van der Waals surface area contributed by atoms with Crippen LogP contribution in [0.3, 0.4) is 0 Å². The molecule has 1 aromatic carbocycles. The highest BCUT2D eigenvalue weighted by Gasteiger charge is 2.13. The van der Waals surface area contributed by atoms with Gasteiger partial charge in [0.25, 0.3) is 11.2 Å². The van der Waals surface area contributed by atoms with Gasteiger partial charge in [-0.3, -0.25) is 19.5 Å². The lowest BCUT2D eigenvalue weighted by Gasteiger charge is -2.05. The summed E-state index contributed by atoms with van der Waals surface area (Å²) in [7, 11) is 0. The normalized spacial score (nSPS) is 10.3. The number of nitro benzene ring substituents is 1. The molecule has 0 spiro atoms. The van der Waals surface area contributed by atoms with Crippen molar-refractivity contribution >= 4 is 21.6 Å². The van der Waals surface area contributed by atoms with Crippen LogP contribution in [0.2, 0.25) is 0 Å². The van der Waals surface area contributed by atoms with Crippen molar-refractivity contribution in [3.63, 3.8) is 0 Å². The highest BCUT2D eigenvalue weighted by Crippen LogP contribution is 2.18. The van der Waals surface area contributed by atoms with Crippen LogP contribution in [0.4, 0.5) is 5.69 Å². The van der Waals surface area contributed by atoms with Gasteiger partial charge in [-0.15, -0.1) is 0 Å². The Morgan fingerprint density at radius 1 is 1.39 bits per heavy atom. The van der Waals surface area contributed by atoms with Gasteiger partial charge in [-0.25, -0.2) is 4.98 Å². The van der Waals surface area contributed by atoms with E-state index >= 15 is 0 Å². The van der Waals surface area contributed by atoms with E-state index in [1.807, 2.05) is 0 Å². The molecule has 92 valence electrons. The van der Waals surface area contributed by atoms with E-state index in [0.717, 1.165) is 0 Å².